The van der Waals surface area contributed by atoms with Gasteiger partial charge in [0.25, 0.3) is 0 Å². The van der Waals surface area contributed by atoms with E-state index in [0.717, 1.165) is 6.07 Å². The van der Waals surface area contributed by atoms with Crippen LogP contribution in [0.25, 0.3) is 0 Å². The van der Waals surface area contributed by atoms with Crippen molar-refractivity contribution >= 4 is 34.8 Å². The lowest BCUT2D eigenvalue weighted by Gasteiger charge is -2.12. The molecule has 2 aromatic rings. The van der Waals surface area contributed by atoms with Crippen molar-refractivity contribution in [3.8, 4) is 0 Å². The third-order valence-corrected chi connectivity index (χ3v) is 3.68. The third kappa shape index (κ3) is 3.38. The predicted octanol–water partition coefficient (Wildman–Crippen LogP) is 5.79. The molecule has 0 spiro atoms. The van der Waals surface area contributed by atoms with E-state index in [0.29, 0.717) is 15.6 Å². The van der Waals surface area contributed by atoms with E-state index in [1.807, 2.05) is 0 Å². The van der Waals surface area contributed by atoms with Gasteiger partial charge < -0.3 is 0 Å². The molecule has 100 valence electrons. The SMILES string of the molecule is Fc1cccc(CC(Cl)c2ccc(Cl)cc2Cl)c1F. The molecule has 0 nitrogen and oxygen atoms in total. The quantitative estimate of drug-likeness (QED) is 0.627. The highest BCUT2D eigenvalue weighted by Crippen LogP contribution is 2.33. The average molecular weight is 322 g/mol. The zero-order valence-corrected chi connectivity index (χ0v) is 11.9. The van der Waals surface area contributed by atoms with Crippen LogP contribution in [0.3, 0.4) is 0 Å². The van der Waals surface area contributed by atoms with Crippen molar-refractivity contribution in [1.82, 2.24) is 0 Å². The van der Waals surface area contributed by atoms with Gasteiger partial charge in [-0.05, 0) is 35.7 Å². The summed E-state index contributed by atoms with van der Waals surface area (Å²) >= 11 is 18.0. The topological polar surface area (TPSA) is 0 Å². The van der Waals surface area contributed by atoms with E-state index in [-0.39, 0.29) is 12.0 Å². The van der Waals surface area contributed by atoms with Gasteiger partial charge in [-0.3, -0.25) is 0 Å². The summed E-state index contributed by atoms with van der Waals surface area (Å²) in [4.78, 5) is 0. The summed E-state index contributed by atoms with van der Waals surface area (Å²) in [6.07, 6.45) is 0.145. The van der Waals surface area contributed by atoms with Crippen molar-refractivity contribution in [1.29, 1.82) is 0 Å². The Morgan fingerprint density at radius 3 is 2.47 bits per heavy atom. The molecule has 0 amide bonds. The van der Waals surface area contributed by atoms with Crippen LogP contribution < -0.4 is 0 Å². The Labute approximate surface area is 124 Å². The van der Waals surface area contributed by atoms with Gasteiger partial charge in [-0.1, -0.05) is 41.4 Å². The molecular formula is C14H9Cl3F2. The lowest BCUT2D eigenvalue weighted by molar-refractivity contribution is 0.498. The number of hydrogen-bond donors (Lipinski definition) is 0. The molecule has 0 aromatic heterocycles. The van der Waals surface area contributed by atoms with Gasteiger partial charge in [0.2, 0.25) is 0 Å². The standard InChI is InChI=1S/C14H9Cl3F2/c15-9-4-5-10(12(17)7-9)11(16)6-8-2-1-3-13(18)14(8)19/h1-5,7,11H,6H2. The molecule has 1 unspecified atom stereocenters. The fourth-order valence-corrected chi connectivity index (χ4v) is 2.72. The first-order chi connectivity index (χ1) is 8.99. The first kappa shape index (κ1) is 14.6. The van der Waals surface area contributed by atoms with Gasteiger partial charge in [-0.2, -0.15) is 0 Å². The van der Waals surface area contributed by atoms with Crippen molar-refractivity contribution in [2.24, 2.45) is 0 Å². The van der Waals surface area contributed by atoms with Gasteiger partial charge in [-0.15, -0.1) is 11.6 Å². The average Bonchev–Trinajstić information content (AvgIpc) is 2.34. The summed E-state index contributed by atoms with van der Waals surface area (Å²) in [6.45, 7) is 0. The smallest absolute Gasteiger partial charge is 0.162 e. The van der Waals surface area contributed by atoms with Crippen LogP contribution >= 0.6 is 34.8 Å². The van der Waals surface area contributed by atoms with E-state index in [4.69, 9.17) is 34.8 Å². The fraction of sp³-hybridized carbons (Fsp3) is 0.143. The molecule has 19 heavy (non-hydrogen) atoms. The molecule has 0 saturated carbocycles. The van der Waals surface area contributed by atoms with E-state index in [1.54, 1.807) is 18.2 Å². The van der Waals surface area contributed by atoms with Crippen LogP contribution in [0, 0.1) is 11.6 Å². The first-order valence-corrected chi connectivity index (χ1v) is 6.70. The van der Waals surface area contributed by atoms with Gasteiger partial charge in [0.05, 0.1) is 5.38 Å². The third-order valence-electron chi connectivity index (χ3n) is 2.73. The minimum atomic E-state index is -0.886. The Hall–Kier alpha value is -0.830. The Morgan fingerprint density at radius 1 is 1.05 bits per heavy atom. The van der Waals surface area contributed by atoms with Crippen LogP contribution in [-0.4, -0.2) is 0 Å². The van der Waals surface area contributed by atoms with Gasteiger partial charge in [0, 0.05) is 10.0 Å². The van der Waals surface area contributed by atoms with Crippen LogP contribution in [-0.2, 0) is 6.42 Å². The molecule has 0 N–H and O–H groups in total. The Kier molecular flexibility index (Phi) is 4.67. The molecular weight excluding hydrogens is 313 g/mol. The minimum absolute atomic E-state index is 0.145. The minimum Gasteiger partial charge on any atom is -0.204 e. The number of rotatable bonds is 3. The summed E-state index contributed by atoms with van der Waals surface area (Å²) in [6, 6.07) is 8.91. The molecule has 5 heteroatoms. The second-order valence-electron chi connectivity index (χ2n) is 4.05. The highest BCUT2D eigenvalue weighted by Gasteiger charge is 2.16. The lowest BCUT2D eigenvalue weighted by atomic mass is 10.0. The van der Waals surface area contributed by atoms with Crippen molar-refractivity contribution in [3.63, 3.8) is 0 Å². The largest absolute Gasteiger partial charge is 0.204 e. The van der Waals surface area contributed by atoms with Crippen molar-refractivity contribution in [2.75, 3.05) is 0 Å². The van der Waals surface area contributed by atoms with E-state index in [2.05, 4.69) is 0 Å². The summed E-state index contributed by atoms with van der Waals surface area (Å²) in [7, 11) is 0. The molecule has 0 saturated heterocycles. The highest BCUT2D eigenvalue weighted by molar-refractivity contribution is 6.35. The number of benzene rings is 2. The zero-order chi connectivity index (χ0) is 14.0. The van der Waals surface area contributed by atoms with Gasteiger partial charge in [-0.25, -0.2) is 8.78 Å². The Morgan fingerprint density at radius 2 is 1.79 bits per heavy atom. The van der Waals surface area contributed by atoms with E-state index >= 15 is 0 Å². The molecule has 0 heterocycles. The summed E-state index contributed by atoms with van der Waals surface area (Å²) in [5.41, 5.74) is 0.849. The van der Waals surface area contributed by atoms with Gasteiger partial charge in [0.15, 0.2) is 11.6 Å². The van der Waals surface area contributed by atoms with Crippen LogP contribution in [0.5, 0.6) is 0 Å². The fourth-order valence-electron chi connectivity index (χ4n) is 1.76. The van der Waals surface area contributed by atoms with Crippen molar-refractivity contribution < 1.29 is 8.78 Å². The molecule has 0 fully saturated rings. The molecule has 2 rings (SSSR count). The second-order valence-corrected chi connectivity index (χ2v) is 5.42. The van der Waals surface area contributed by atoms with Gasteiger partial charge in [0.1, 0.15) is 0 Å². The second kappa shape index (κ2) is 6.08. The van der Waals surface area contributed by atoms with E-state index < -0.39 is 17.0 Å². The normalized spacial score (nSPS) is 12.5. The highest BCUT2D eigenvalue weighted by atomic mass is 35.5. The maximum absolute atomic E-state index is 13.6. The van der Waals surface area contributed by atoms with Gasteiger partial charge >= 0.3 is 0 Å². The monoisotopic (exact) mass is 320 g/mol. The van der Waals surface area contributed by atoms with Crippen LogP contribution in [0.4, 0.5) is 8.78 Å². The number of hydrogen-bond acceptors (Lipinski definition) is 0. The molecule has 0 aliphatic heterocycles. The zero-order valence-electron chi connectivity index (χ0n) is 9.64. The molecule has 0 aliphatic rings. The van der Waals surface area contributed by atoms with Crippen molar-refractivity contribution in [2.45, 2.75) is 11.8 Å². The molecule has 0 aliphatic carbocycles. The Bertz CT molecular complexity index is 599. The molecule has 0 bridgehead atoms. The molecule has 2 aromatic carbocycles. The predicted molar refractivity (Wildman–Crippen MR) is 75.1 cm³/mol. The van der Waals surface area contributed by atoms with Crippen LogP contribution in [0.15, 0.2) is 36.4 Å². The molecule has 0 radical (unpaired) electrons. The maximum Gasteiger partial charge on any atom is 0.162 e. The van der Waals surface area contributed by atoms with E-state index in [1.165, 1.54) is 12.1 Å². The number of alkyl halides is 1. The van der Waals surface area contributed by atoms with Crippen LogP contribution in [0.1, 0.15) is 16.5 Å². The maximum atomic E-state index is 13.6. The first-order valence-electron chi connectivity index (χ1n) is 5.51. The molecule has 1 atom stereocenters. The van der Waals surface area contributed by atoms with E-state index in [9.17, 15) is 8.78 Å². The summed E-state index contributed by atoms with van der Waals surface area (Å²) < 4.78 is 26.7. The van der Waals surface area contributed by atoms with Crippen molar-refractivity contribution in [3.05, 3.63) is 69.2 Å². The Balaban J connectivity index is 2.25. The number of halogens is 5. The summed E-state index contributed by atoms with van der Waals surface area (Å²) in [5.74, 6) is -1.76. The van der Waals surface area contributed by atoms with Crippen LogP contribution in [0.2, 0.25) is 10.0 Å². The summed E-state index contributed by atoms with van der Waals surface area (Å²) in [5, 5.41) is 0.347. The lowest BCUT2D eigenvalue weighted by Crippen LogP contribution is -2.01.